The molecule has 6 heteroatoms. The second-order valence-electron chi connectivity index (χ2n) is 5.76. The first-order valence-electron chi connectivity index (χ1n) is 8.18. The number of ketones is 1. The predicted octanol–water partition coefficient (Wildman–Crippen LogP) is 3.30. The van der Waals surface area contributed by atoms with Gasteiger partial charge >= 0.3 is 0 Å². The van der Waals surface area contributed by atoms with Crippen LogP contribution in [0, 0.1) is 0 Å². The third-order valence-electron chi connectivity index (χ3n) is 3.98. The first-order chi connectivity index (χ1) is 12.5. The minimum absolute atomic E-state index is 0.0250. The number of para-hydroxylation sites is 1. The number of Topliss-reactive ketones (excluding diaryl/α,β-unsaturated/α-hetero) is 1. The van der Waals surface area contributed by atoms with E-state index in [1.165, 1.54) is 7.11 Å². The topological polar surface area (TPSA) is 72.5 Å². The average molecular weight is 374 g/mol. The molecule has 0 aliphatic rings. The van der Waals surface area contributed by atoms with Gasteiger partial charge in [0, 0.05) is 29.5 Å². The van der Waals surface area contributed by atoms with E-state index in [0.717, 1.165) is 11.8 Å². The Bertz CT molecular complexity index is 791. The first kappa shape index (κ1) is 19.7. The number of aldehydes is 1. The second kappa shape index (κ2) is 9.73. The molecule has 1 unspecified atom stereocenters. The zero-order chi connectivity index (χ0) is 18.9. The molecule has 2 aromatic carbocycles. The number of halogens is 1. The number of nitrogens with one attached hydrogen (secondary N) is 1. The van der Waals surface area contributed by atoms with Crippen molar-refractivity contribution in [2.75, 3.05) is 7.11 Å². The van der Waals surface area contributed by atoms with Gasteiger partial charge in [0.2, 0.25) is 5.78 Å². The first-order valence-corrected chi connectivity index (χ1v) is 8.56. The maximum absolute atomic E-state index is 12.1. The van der Waals surface area contributed by atoms with E-state index >= 15 is 0 Å². The Labute approximate surface area is 157 Å². The Kier molecular flexibility index (Phi) is 7.36. The normalized spacial score (nSPS) is 11.5. The summed E-state index contributed by atoms with van der Waals surface area (Å²) in [6, 6.07) is 14.2. The van der Waals surface area contributed by atoms with E-state index in [2.05, 4.69) is 5.32 Å². The Balaban J connectivity index is 1.89. The highest BCUT2D eigenvalue weighted by atomic mass is 35.5. The zero-order valence-corrected chi connectivity index (χ0v) is 15.2. The van der Waals surface area contributed by atoms with Gasteiger partial charge in [0.05, 0.1) is 7.11 Å². The molecule has 0 saturated heterocycles. The summed E-state index contributed by atoms with van der Waals surface area (Å²) in [5, 5.41) is 3.13. The minimum atomic E-state index is -0.672. The van der Waals surface area contributed by atoms with Crippen molar-refractivity contribution in [3.05, 3.63) is 64.7 Å². The average Bonchev–Trinajstić information content (AvgIpc) is 2.66. The molecule has 0 heterocycles. The van der Waals surface area contributed by atoms with Crippen molar-refractivity contribution in [1.29, 1.82) is 0 Å². The van der Waals surface area contributed by atoms with E-state index in [4.69, 9.17) is 16.3 Å². The molecule has 0 saturated carbocycles. The van der Waals surface area contributed by atoms with Gasteiger partial charge in [-0.25, -0.2) is 0 Å². The van der Waals surface area contributed by atoms with Gasteiger partial charge in [0.15, 0.2) is 0 Å². The van der Waals surface area contributed by atoms with Gasteiger partial charge in [-0.1, -0.05) is 41.9 Å². The van der Waals surface area contributed by atoms with Gasteiger partial charge in [-0.3, -0.25) is 9.59 Å². The minimum Gasteiger partial charge on any atom is -0.496 e. The molecule has 0 fully saturated rings. The predicted molar refractivity (Wildman–Crippen MR) is 99.3 cm³/mol. The summed E-state index contributed by atoms with van der Waals surface area (Å²) >= 11 is 5.88. The molecule has 1 amide bonds. The number of carbonyl (C=O) groups excluding carboxylic acids is 3. The van der Waals surface area contributed by atoms with Crippen LogP contribution in [0.2, 0.25) is 5.02 Å². The quantitative estimate of drug-likeness (QED) is 0.540. The van der Waals surface area contributed by atoms with Gasteiger partial charge in [0.25, 0.3) is 5.91 Å². The molecule has 0 aliphatic carbocycles. The maximum atomic E-state index is 12.1. The van der Waals surface area contributed by atoms with Crippen LogP contribution in [0.3, 0.4) is 0 Å². The molecule has 1 atom stereocenters. The molecule has 2 aromatic rings. The van der Waals surface area contributed by atoms with Crippen molar-refractivity contribution in [3.8, 4) is 5.75 Å². The monoisotopic (exact) mass is 373 g/mol. The van der Waals surface area contributed by atoms with Crippen LogP contribution in [0.15, 0.2) is 48.5 Å². The Morgan fingerprint density at radius 3 is 2.65 bits per heavy atom. The Hall–Kier alpha value is -2.66. The van der Waals surface area contributed by atoms with Crippen molar-refractivity contribution in [2.24, 2.45) is 0 Å². The summed E-state index contributed by atoms with van der Waals surface area (Å²) in [5.74, 6) is -1.15. The van der Waals surface area contributed by atoms with Crippen molar-refractivity contribution in [2.45, 2.75) is 25.3 Å². The van der Waals surface area contributed by atoms with Gasteiger partial charge in [-0.2, -0.15) is 0 Å². The van der Waals surface area contributed by atoms with Gasteiger partial charge in [0.1, 0.15) is 12.0 Å². The standard InChI is InChI=1S/C20H20ClNO4/c1-26-19-8-3-2-7-17(19)15(13-23)9-10-18(24)20(25)22-12-14-5-4-6-16(21)11-14/h2-8,11,13,15H,9-10,12H2,1H3,(H,22,25). The fourth-order valence-corrected chi connectivity index (χ4v) is 2.81. The third-order valence-corrected chi connectivity index (χ3v) is 4.22. The van der Waals surface area contributed by atoms with E-state index < -0.39 is 17.6 Å². The molecule has 0 aliphatic heterocycles. The Morgan fingerprint density at radius 2 is 1.96 bits per heavy atom. The number of methoxy groups -OCH3 is 1. The van der Waals surface area contributed by atoms with E-state index in [-0.39, 0.29) is 19.4 Å². The summed E-state index contributed by atoms with van der Waals surface area (Å²) in [4.78, 5) is 35.4. The van der Waals surface area contributed by atoms with Crippen LogP contribution in [-0.4, -0.2) is 25.1 Å². The molecule has 0 spiro atoms. The van der Waals surface area contributed by atoms with Crippen LogP contribution >= 0.6 is 11.6 Å². The highest BCUT2D eigenvalue weighted by Crippen LogP contribution is 2.28. The number of ether oxygens (including phenoxy) is 1. The molecule has 0 bridgehead atoms. The third kappa shape index (κ3) is 5.43. The number of hydrogen-bond donors (Lipinski definition) is 1. The van der Waals surface area contributed by atoms with Crippen LogP contribution in [-0.2, 0) is 20.9 Å². The molecule has 5 nitrogen and oxygen atoms in total. The fraction of sp³-hybridized carbons (Fsp3) is 0.250. The SMILES string of the molecule is COc1ccccc1C(C=O)CCC(=O)C(=O)NCc1cccc(Cl)c1. The van der Waals surface area contributed by atoms with Crippen LogP contribution in [0.1, 0.15) is 29.9 Å². The molecule has 1 N–H and O–H groups in total. The summed E-state index contributed by atoms with van der Waals surface area (Å²) in [6.07, 6.45) is 0.991. The molecule has 0 aromatic heterocycles. The second-order valence-corrected chi connectivity index (χ2v) is 6.20. The molecular weight excluding hydrogens is 354 g/mol. The van der Waals surface area contributed by atoms with Gasteiger partial charge < -0.3 is 14.8 Å². The molecule has 2 rings (SSSR count). The van der Waals surface area contributed by atoms with Crippen LogP contribution in [0.4, 0.5) is 0 Å². The number of carbonyl (C=O) groups is 3. The summed E-state index contributed by atoms with van der Waals surface area (Å²) in [6.45, 7) is 0.217. The molecular formula is C20H20ClNO4. The number of hydrogen-bond acceptors (Lipinski definition) is 4. The highest BCUT2D eigenvalue weighted by molar-refractivity contribution is 6.36. The van der Waals surface area contributed by atoms with E-state index in [9.17, 15) is 14.4 Å². The van der Waals surface area contributed by atoms with Crippen LogP contribution < -0.4 is 10.1 Å². The van der Waals surface area contributed by atoms with Gasteiger partial charge in [-0.05, 0) is 30.2 Å². The van der Waals surface area contributed by atoms with E-state index in [1.54, 1.807) is 48.5 Å². The summed E-state index contributed by atoms with van der Waals surface area (Å²) < 4.78 is 5.25. The van der Waals surface area contributed by atoms with Gasteiger partial charge in [-0.15, -0.1) is 0 Å². The largest absolute Gasteiger partial charge is 0.496 e. The lowest BCUT2D eigenvalue weighted by atomic mass is 9.93. The van der Waals surface area contributed by atoms with Crippen molar-refractivity contribution < 1.29 is 19.1 Å². The fourth-order valence-electron chi connectivity index (χ4n) is 2.60. The lowest BCUT2D eigenvalue weighted by molar-refractivity contribution is -0.138. The lowest BCUT2D eigenvalue weighted by Crippen LogP contribution is -2.30. The molecule has 26 heavy (non-hydrogen) atoms. The van der Waals surface area contributed by atoms with Crippen LogP contribution in [0.5, 0.6) is 5.75 Å². The van der Waals surface area contributed by atoms with Crippen molar-refractivity contribution in [1.82, 2.24) is 5.32 Å². The maximum Gasteiger partial charge on any atom is 0.287 e. The smallest absolute Gasteiger partial charge is 0.287 e. The molecule has 136 valence electrons. The Morgan fingerprint density at radius 1 is 1.19 bits per heavy atom. The summed E-state index contributed by atoms with van der Waals surface area (Å²) in [5.41, 5.74) is 1.51. The van der Waals surface area contributed by atoms with E-state index in [0.29, 0.717) is 16.3 Å². The highest BCUT2D eigenvalue weighted by Gasteiger charge is 2.19. The van der Waals surface area contributed by atoms with Crippen molar-refractivity contribution in [3.63, 3.8) is 0 Å². The summed E-state index contributed by atoms with van der Waals surface area (Å²) in [7, 11) is 1.52. The van der Waals surface area contributed by atoms with Crippen LogP contribution in [0.25, 0.3) is 0 Å². The number of benzene rings is 2. The zero-order valence-electron chi connectivity index (χ0n) is 14.4. The lowest BCUT2D eigenvalue weighted by Gasteiger charge is -2.14. The molecule has 0 radical (unpaired) electrons. The van der Waals surface area contributed by atoms with E-state index in [1.807, 2.05) is 0 Å². The number of amides is 1. The number of rotatable bonds is 9. The van der Waals surface area contributed by atoms with Crippen molar-refractivity contribution >= 4 is 29.6 Å².